The summed E-state index contributed by atoms with van der Waals surface area (Å²) >= 11 is 0. The SMILES string of the molecule is Cc1cc(=O)oc2cc(OC(=O)c3ccncc3)ccc12. The van der Waals surface area contributed by atoms with Crippen molar-refractivity contribution >= 4 is 16.9 Å². The third-order valence-corrected chi connectivity index (χ3v) is 3.05. The van der Waals surface area contributed by atoms with Gasteiger partial charge in [-0.3, -0.25) is 4.98 Å². The number of aryl methyl sites for hydroxylation is 1. The number of ether oxygens (including phenoxy) is 1. The maximum atomic E-state index is 11.9. The Labute approximate surface area is 119 Å². The Hall–Kier alpha value is -2.95. The van der Waals surface area contributed by atoms with Gasteiger partial charge < -0.3 is 9.15 Å². The largest absolute Gasteiger partial charge is 0.423 e. The second kappa shape index (κ2) is 5.20. The van der Waals surface area contributed by atoms with Gasteiger partial charge in [0.05, 0.1) is 5.56 Å². The molecule has 0 fully saturated rings. The highest BCUT2D eigenvalue weighted by molar-refractivity contribution is 5.91. The first kappa shape index (κ1) is 13.1. The lowest BCUT2D eigenvalue weighted by molar-refractivity contribution is 0.0735. The number of hydrogen-bond donors (Lipinski definition) is 0. The Morgan fingerprint density at radius 3 is 2.67 bits per heavy atom. The number of benzene rings is 1. The summed E-state index contributed by atoms with van der Waals surface area (Å²) in [5.74, 6) is -0.176. The second-order valence-corrected chi connectivity index (χ2v) is 4.53. The predicted octanol–water partition coefficient (Wildman–Crippen LogP) is 2.72. The number of pyridine rings is 1. The molecule has 2 aromatic heterocycles. The number of hydrogen-bond acceptors (Lipinski definition) is 5. The molecule has 0 saturated carbocycles. The maximum Gasteiger partial charge on any atom is 0.343 e. The molecule has 0 aliphatic heterocycles. The topological polar surface area (TPSA) is 69.4 Å². The summed E-state index contributed by atoms with van der Waals surface area (Å²) in [4.78, 5) is 27.2. The fraction of sp³-hybridized carbons (Fsp3) is 0.0625. The van der Waals surface area contributed by atoms with Crippen LogP contribution in [0.1, 0.15) is 15.9 Å². The summed E-state index contributed by atoms with van der Waals surface area (Å²) in [6.07, 6.45) is 3.03. The summed E-state index contributed by atoms with van der Waals surface area (Å²) in [5, 5.41) is 0.804. The van der Waals surface area contributed by atoms with Gasteiger partial charge in [0.2, 0.25) is 0 Å². The zero-order chi connectivity index (χ0) is 14.8. The summed E-state index contributed by atoms with van der Waals surface area (Å²) in [7, 11) is 0. The van der Waals surface area contributed by atoms with Crippen molar-refractivity contribution in [2.75, 3.05) is 0 Å². The van der Waals surface area contributed by atoms with Crippen LogP contribution in [-0.4, -0.2) is 11.0 Å². The number of nitrogens with zero attached hydrogens (tertiary/aromatic N) is 1. The first-order chi connectivity index (χ1) is 10.1. The predicted molar refractivity (Wildman–Crippen MR) is 76.4 cm³/mol. The zero-order valence-electron chi connectivity index (χ0n) is 11.2. The van der Waals surface area contributed by atoms with Gasteiger partial charge >= 0.3 is 11.6 Å². The van der Waals surface area contributed by atoms with E-state index in [4.69, 9.17) is 9.15 Å². The molecule has 0 N–H and O–H groups in total. The molecule has 0 radical (unpaired) electrons. The van der Waals surface area contributed by atoms with Crippen molar-refractivity contribution in [3.05, 3.63) is 70.3 Å². The van der Waals surface area contributed by atoms with Crippen LogP contribution in [0.2, 0.25) is 0 Å². The van der Waals surface area contributed by atoms with Crippen LogP contribution in [-0.2, 0) is 0 Å². The summed E-state index contributed by atoms with van der Waals surface area (Å²) in [5.41, 5.74) is 1.17. The number of carbonyl (C=O) groups is 1. The molecule has 21 heavy (non-hydrogen) atoms. The molecule has 3 rings (SSSR count). The van der Waals surface area contributed by atoms with E-state index in [9.17, 15) is 9.59 Å². The first-order valence-corrected chi connectivity index (χ1v) is 6.30. The van der Waals surface area contributed by atoms with Crippen LogP contribution < -0.4 is 10.4 Å². The van der Waals surface area contributed by atoms with Gasteiger partial charge in [-0.1, -0.05) is 0 Å². The van der Waals surface area contributed by atoms with Crippen LogP contribution in [0, 0.1) is 6.92 Å². The minimum Gasteiger partial charge on any atom is -0.423 e. The summed E-state index contributed by atoms with van der Waals surface area (Å²) < 4.78 is 10.4. The van der Waals surface area contributed by atoms with E-state index in [0.29, 0.717) is 16.9 Å². The van der Waals surface area contributed by atoms with E-state index >= 15 is 0 Å². The molecule has 0 atom stereocenters. The van der Waals surface area contributed by atoms with Gasteiger partial charge in [-0.2, -0.15) is 0 Å². The summed E-state index contributed by atoms with van der Waals surface area (Å²) in [6.45, 7) is 1.82. The van der Waals surface area contributed by atoms with E-state index in [2.05, 4.69) is 4.98 Å². The first-order valence-electron chi connectivity index (χ1n) is 6.30. The second-order valence-electron chi connectivity index (χ2n) is 4.53. The molecule has 5 nitrogen and oxygen atoms in total. The van der Waals surface area contributed by atoms with Gasteiger partial charge in [-0.25, -0.2) is 9.59 Å². The quantitative estimate of drug-likeness (QED) is 0.410. The fourth-order valence-electron chi connectivity index (χ4n) is 2.02. The van der Waals surface area contributed by atoms with Crippen molar-refractivity contribution in [3.8, 4) is 5.75 Å². The highest BCUT2D eigenvalue weighted by Crippen LogP contribution is 2.22. The molecular weight excluding hydrogens is 270 g/mol. The molecule has 104 valence electrons. The lowest BCUT2D eigenvalue weighted by Gasteiger charge is -2.06. The molecule has 3 aromatic rings. The average molecular weight is 281 g/mol. The Kier molecular flexibility index (Phi) is 3.23. The van der Waals surface area contributed by atoms with Crippen LogP contribution >= 0.6 is 0 Å². The Morgan fingerprint density at radius 2 is 1.90 bits per heavy atom. The van der Waals surface area contributed by atoms with Gasteiger partial charge in [-0.15, -0.1) is 0 Å². The molecule has 1 aromatic carbocycles. The van der Waals surface area contributed by atoms with Gasteiger partial charge in [0.1, 0.15) is 11.3 Å². The van der Waals surface area contributed by atoms with Crippen LogP contribution in [0.5, 0.6) is 5.75 Å². The lowest BCUT2D eigenvalue weighted by Crippen LogP contribution is -2.08. The minimum atomic E-state index is -0.494. The Morgan fingerprint density at radius 1 is 1.14 bits per heavy atom. The molecule has 0 amide bonds. The fourth-order valence-corrected chi connectivity index (χ4v) is 2.02. The van der Waals surface area contributed by atoms with Gasteiger partial charge in [0, 0.05) is 29.9 Å². The Bertz CT molecular complexity index is 868. The van der Waals surface area contributed by atoms with Crippen molar-refractivity contribution in [1.82, 2.24) is 4.98 Å². The monoisotopic (exact) mass is 281 g/mol. The summed E-state index contributed by atoms with van der Waals surface area (Å²) in [6, 6.07) is 9.49. The molecule has 0 aliphatic rings. The average Bonchev–Trinajstić information content (AvgIpc) is 2.47. The maximum absolute atomic E-state index is 11.9. The van der Waals surface area contributed by atoms with Crippen LogP contribution in [0.25, 0.3) is 11.0 Å². The third kappa shape index (κ3) is 2.67. The van der Waals surface area contributed by atoms with Gasteiger partial charge in [-0.05, 0) is 36.8 Å². The molecule has 0 aliphatic carbocycles. The number of rotatable bonds is 2. The van der Waals surface area contributed by atoms with E-state index in [-0.39, 0.29) is 0 Å². The molecule has 2 heterocycles. The highest BCUT2D eigenvalue weighted by atomic mass is 16.5. The zero-order valence-corrected chi connectivity index (χ0v) is 11.2. The number of carbonyl (C=O) groups excluding carboxylic acids is 1. The van der Waals surface area contributed by atoms with E-state index in [0.717, 1.165) is 10.9 Å². The third-order valence-electron chi connectivity index (χ3n) is 3.05. The van der Waals surface area contributed by atoms with Crippen molar-refractivity contribution < 1.29 is 13.9 Å². The normalized spacial score (nSPS) is 10.5. The van der Waals surface area contributed by atoms with E-state index in [1.807, 2.05) is 6.92 Å². The van der Waals surface area contributed by atoms with Crippen LogP contribution in [0.4, 0.5) is 0 Å². The number of fused-ring (bicyclic) bond motifs is 1. The van der Waals surface area contributed by atoms with Crippen molar-refractivity contribution in [2.24, 2.45) is 0 Å². The smallest absolute Gasteiger partial charge is 0.343 e. The van der Waals surface area contributed by atoms with Crippen molar-refractivity contribution in [3.63, 3.8) is 0 Å². The van der Waals surface area contributed by atoms with Gasteiger partial charge in [0.15, 0.2) is 0 Å². The van der Waals surface area contributed by atoms with Gasteiger partial charge in [0.25, 0.3) is 0 Å². The molecule has 0 spiro atoms. The minimum absolute atomic E-state index is 0.318. The van der Waals surface area contributed by atoms with E-state index in [1.54, 1.807) is 24.3 Å². The van der Waals surface area contributed by atoms with Crippen molar-refractivity contribution in [2.45, 2.75) is 6.92 Å². The van der Waals surface area contributed by atoms with Crippen LogP contribution in [0.3, 0.4) is 0 Å². The van der Waals surface area contributed by atoms with E-state index in [1.165, 1.54) is 24.5 Å². The number of esters is 1. The highest BCUT2D eigenvalue weighted by Gasteiger charge is 2.10. The molecule has 0 bridgehead atoms. The lowest BCUT2D eigenvalue weighted by atomic mass is 10.1. The van der Waals surface area contributed by atoms with Crippen molar-refractivity contribution in [1.29, 1.82) is 0 Å². The molecule has 5 heteroatoms. The van der Waals surface area contributed by atoms with Crippen LogP contribution in [0.15, 0.2) is 58.0 Å². The van der Waals surface area contributed by atoms with E-state index < -0.39 is 11.6 Å². The molecule has 0 saturated heterocycles. The molecule has 0 unspecified atom stereocenters. The number of aromatic nitrogens is 1. The standard InChI is InChI=1S/C16H11NO4/c1-10-8-15(18)21-14-9-12(2-3-13(10)14)20-16(19)11-4-6-17-7-5-11/h2-9H,1H3. The molecular formula is C16H11NO4. The Balaban J connectivity index is 1.95.